The fraction of sp³-hybridized carbons (Fsp3) is 0.292. The molecule has 2 aliphatic rings. The van der Waals surface area contributed by atoms with Crippen LogP contribution in [-0.2, 0) is 9.59 Å². The van der Waals surface area contributed by atoms with Gasteiger partial charge in [-0.15, -0.1) is 0 Å². The largest absolute Gasteiger partial charge is 0.340 e. The molecule has 7 nitrogen and oxygen atoms in total. The Morgan fingerprint density at radius 1 is 0.968 bits per heavy atom. The molecule has 0 spiro atoms. The van der Waals surface area contributed by atoms with Crippen molar-refractivity contribution in [2.75, 3.05) is 38.0 Å². The molecule has 0 unspecified atom stereocenters. The highest BCUT2D eigenvalue weighted by Crippen LogP contribution is 2.19. The number of para-hydroxylation sites is 1. The number of carbonyl (C=O) groups excluding carboxylic acids is 3. The number of hydrogen-bond donors (Lipinski definition) is 2. The van der Waals surface area contributed by atoms with Crippen LogP contribution in [0.25, 0.3) is 6.08 Å². The highest BCUT2D eigenvalue weighted by atomic mass is 16.2. The smallest absolute Gasteiger partial charge is 0.254 e. The molecule has 31 heavy (non-hydrogen) atoms. The predicted molar refractivity (Wildman–Crippen MR) is 119 cm³/mol. The Kier molecular flexibility index (Phi) is 6.43. The van der Waals surface area contributed by atoms with E-state index in [9.17, 15) is 14.4 Å². The minimum Gasteiger partial charge on any atom is -0.340 e. The number of anilines is 1. The molecule has 2 aromatic carbocycles. The van der Waals surface area contributed by atoms with Gasteiger partial charge in [-0.1, -0.05) is 54.6 Å². The summed E-state index contributed by atoms with van der Waals surface area (Å²) < 4.78 is 0. The molecule has 0 aliphatic carbocycles. The number of fused-ring (bicyclic) bond motifs is 1. The van der Waals surface area contributed by atoms with E-state index in [4.69, 9.17) is 0 Å². The van der Waals surface area contributed by atoms with Crippen molar-refractivity contribution in [1.82, 2.24) is 15.1 Å². The number of nitrogens with one attached hydrogen (secondary N) is 2. The maximum absolute atomic E-state index is 12.8. The SMILES string of the molecule is O=C1N[C@H](CC(=O)N2CCN(C/C=C/c3ccccc3)CC2)C(=O)Nc2ccccc21. The first-order chi connectivity index (χ1) is 15.1. The molecule has 4 rings (SSSR count). The van der Waals surface area contributed by atoms with Crippen molar-refractivity contribution in [3.05, 3.63) is 71.8 Å². The van der Waals surface area contributed by atoms with Crippen LogP contribution in [0.3, 0.4) is 0 Å². The second-order valence-corrected chi connectivity index (χ2v) is 7.76. The van der Waals surface area contributed by atoms with Gasteiger partial charge in [0.15, 0.2) is 0 Å². The van der Waals surface area contributed by atoms with Crippen LogP contribution in [-0.4, -0.2) is 66.3 Å². The Morgan fingerprint density at radius 2 is 1.68 bits per heavy atom. The maximum Gasteiger partial charge on any atom is 0.254 e. The second kappa shape index (κ2) is 9.57. The lowest BCUT2D eigenvalue weighted by Crippen LogP contribution is -2.51. The number of benzene rings is 2. The zero-order chi connectivity index (χ0) is 21.6. The highest BCUT2D eigenvalue weighted by Gasteiger charge is 2.31. The summed E-state index contributed by atoms with van der Waals surface area (Å²) in [7, 11) is 0. The van der Waals surface area contributed by atoms with Crippen LogP contribution in [0.2, 0.25) is 0 Å². The minimum absolute atomic E-state index is 0.0422. The number of hydrogen-bond acceptors (Lipinski definition) is 4. The van der Waals surface area contributed by atoms with Crippen LogP contribution in [0.1, 0.15) is 22.3 Å². The molecular weight excluding hydrogens is 392 g/mol. The molecule has 3 amide bonds. The Labute approximate surface area is 181 Å². The van der Waals surface area contributed by atoms with Crippen LogP contribution in [0.4, 0.5) is 5.69 Å². The standard InChI is InChI=1S/C24H26N4O3/c29-22(17-21-24(31)25-20-11-5-4-10-19(20)23(30)26-21)28-15-13-27(14-16-28)12-6-9-18-7-2-1-3-8-18/h1-11,21H,12-17H2,(H,25,31)(H,26,30)/b9-6+/t21-/m1/s1. The summed E-state index contributed by atoms with van der Waals surface area (Å²) in [5.41, 5.74) is 2.04. The van der Waals surface area contributed by atoms with Gasteiger partial charge in [0.2, 0.25) is 11.8 Å². The van der Waals surface area contributed by atoms with Gasteiger partial charge in [0.1, 0.15) is 6.04 Å². The molecular formula is C24H26N4O3. The van der Waals surface area contributed by atoms with Crippen molar-refractivity contribution in [3.8, 4) is 0 Å². The zero-order valence-electron chi connectivity index (χ0n) is 17.3. The average Bonchev–Trinajstić information content (AvgIpc) is 2.91. The fourth-order valence-corrected chi connectivity index (χ4v) is 3.84. The van der Waals surface area contributed by atoms with Crippen LogP contribution >= 0.6 is 0 Å². The minimum atomic E-state index is -0.876. The first-order valence-corrected chi connectivity index (χ1v) is 10.5. The average molecular weight is 418 g/mol. The van der Waals surface area contributed by atoms with E-state index in [0.29, 0.717) is 24.3 Å². The molecule has 1 atom stereocenters. The van der Waals surface area contributed by atoms with E-state index in [-0.39, 0.29) is 24.1 Å². The summed E-state index contributed by atoms with van der Waals surface area (Å²) in [6.07, 6.45) is 4.19. The van der Waals surface area contributed by atoms with Gasteiger partial charge in [-0.05, 0) is 17.7 Å². The third-order valence-corrected chi connectivity index (χ3v) is 5.63. The molecule has 2 aliphatic heterocycles. The molecule has 0 radical (unpaired) electrons. The lowest BCUT2D eigenvalue weighted by molar-refractivity contribution is -0.135. The monoisotopic (exact) mass is 418 g/mol. The molecule has 0 saturated carbocycles. The fourth-order valence-electron chi connectivity index (χ4n) is 3.84. The second-order valence-electron chi connectivity index (χ2n) is 7.76. The van der Waals surface area contributed by atoms with Crippen molar-refractivity contribution in [1.29, 1.82) is 0 Å². The molecule has 2 heterocycles. The van der Waals surface area contributed by atoms with Gasteiger partial charge in [-0.2, -0.15) is 0 Å². The molecule has 0 bridgehead atoms. The zero-order valence-corrected chi connectivity index (χ0v) is 17.3. The van der Waals surface area contributed by atoms with Crippen molar-refractivity contribution in [2.45, 2.75) is 12.5 Å². The van der Waals surface area contributed by atoms with Crippen molar-refractivity contribution in [2.24, 2.45) is 0 Å². The molecule has 160 valence electrons. The summed E-state index contributed by atoms with van der Waals surface area (Å²) in [5.74, 6) is -0.830. The highest BCUT2D eigenvalue weighted by molar-refractivity contribution is 6.10. The van der Waals surface area contributed by atoms with E-state index >= 15 is 0 Å². The van der Waals surface area contributed by atoms with Crippen molar-refractivity contribution >= 4 is 29.5 Å². The van der Waals surface area contributed by atoms with Crippen LogP contribution in [0.5, 0.6) is 0 Å². The molecule has 1 fully saturated rings. The summed E-state index contributed by atoms with van der Waals surface area (Å²) >= 11 is 0. The number of amides is 3. The molecule has 2 aromatic rings. The van der Waals surface area contributed by atoms with E-state index in [1.54, 1.807) is 29.2 Å². The summed E-state index contributed by atoms with van der Waals surface area (Å²) in [6, 6.07) is 16.1. The summed E-state index contributed by atoms with van der Waals surface area (Å²) in [4.78, 5) is 41.8. The Morgan fingerprint density at radius 3 is 2.45 bits per heavy atom. The van der Waals surface area contributed by atoms with Crippen LogP contribution in [0, 0.1) is 0 Å². The van der Waals surface area contributed by atoms with E-state index < -0.39 is 6.04 Å². The van der Waals surface area contributed by atoms with Gasteiger partial charge in [0.05, 0.1) is 17.7 Å². The Hall–Kier alpha value is -3.45. The summed E-state index contributed by atoms with van der Waals surface area (Å²) in [6.45, 7) is 3.61. The molecule has 0 aromatic heterocycles. The van der Waals surface area contributed by atoms with Gasteiger partial charge in [0.25, 0.3) is 5.91 Å². The lowest BCUT2D eigenvalue weighted by atomic mass is 10.1. The van der Waals surface area contributed by atoms with E-state index in [1.807, 2.05) is 18.2 Å². The topological polar surface area (TPSA) is 81.8 Å². The third-order valence-electron chi connectivity index (χ3n) is 5.63. The van der Waals surface area contributed by atoms with Crippen LogP contribution in [0.15, 0.2) is 60.7 Å². The number of carbonyl (C=O) groups is 3. The molecule has 7 heteroatoms. The first kappa shape index (κ1) is 20.8. The van der Waals surface area contributed by atoms with Gasteiger partial charge in [-0.25, -0.2) is 0 Å². The third kappa shape index (κ3) is 5.19. The number of piperazine rings is 1. The van der Waals surface area contributed by atoms with Crippen LogP contribution < -0.4 is 10.6 Å². The van der Waals surface area contributed by atoms with Gasteiger partial charge in [-0.3, -0.25) is 19.3 Å². The summed E-state index contributed by atoms with van der Waals surface area (Å²) in [5, 5.41) is 5.44. The Balaban J connectivity index is 1.27. The van der Waals surface area contributed by atoms with E-state index in [0.717, 1.165) is 19.6 Å². The van der Waals surface area contributed by atoms with Crippen molar-refractivity contribution < 1.29 is 14.4 Å². The predicted octanol–water partition coefficient (Wildman–Crippen LogP) is 1.98. The van der Waals surface area contributed by atoms with Crippen molar-refractivity contribution in [3.63, 3.8) is 0 Å². The molecule has 1 saturated heterocycles. The number of nitrogens with zero attached hydrogens (tertiary/aromatic N) is 2. The van der Waals surface area contributed by atoms with E-state index in [2.05, 4.69) is 39.8 Å². The number of rotatable bonds is 5. The maximum atomic E-state index is 12.8. The van der Waals surface area contributed by atoms with Gasteiger partial charge in [0, 0.05) is 32.7 Å². The van der Waals surface area contributed by atoms with E-state index in [1.165, 1.54) is 5.56 Å². The lowest BCUT2D eigenvalue weighted by Gasteiger charge is -2.34. The first-order valence-electron chi connectivity index (χ1n) is 10.5. The quantitative estimate of drug-likeness (QED) is 0.778. The Bertz CT molecular complexity index is 981. The normalized spacial score (nSPS) is 19.5. The van der Waals surface area contributed by atoms with Gasteiger partial charge < -0.3 is 15.5 Å². The van der Waals surface area contributed by atoms with Gasteiger partial charge >= 0.3 is 0 Å². The molecule has 2 N–H and O–H groups in total.